The Kier molecular flexibility index (Phi) is 5.93. The lowest BCUT2D eigenvalue weighted by Gasteiger charge is -2.17. The summed E-state index contributed by atoms with van der Waals surface area (Å²) in [6, 6.07) is 7.33. The van der Waals surface area contributed by atoms with Gasteiger partial charge >= 0.3 is 0 Å². The van der Waals surface area contributed by atoms with Crippen LogP contribution in [0.3, 0.4) is 0 Å². The predicted octanol–water partition coefficient (Wildman–Crippen LogP) is 3.82. The predicted molar refractivity (Wildman–Crippen MR) is 103 cm³/mol. The largest absolute Gasteiger partial charge is 0.497 e. The summed E-state index contributed by atoms with van der Waals surface area (Å²) in [5.74, 6) is 0.817. The third-order valence-electron chi connectivity index (χ3n) is 4.11. The van der Waals surface area contributed by atoms with E-state index in [2.05, 4.69) is 10.2 Å². The second-order valence-electron chi connectivity index (χ2n) is 6.05. The van der Waals surface area contributed by atoms with Crippen LogP contribution in [0.15, 0.2) is 28.6 Å². The molecule has 138 valence electrons. The molecule has 0 bridgehead atoms. The number of hydrogen-bond donors (Lipinski definition) is 0. The monoisotopic (exact) mass is 391 g/mol. The van der Waals surface area contributed by atoms with Crippen molar-refractivity contribution in [2.75, 3.05) is 12.0 Å². The number of amides is 1. The van der Waals surface area contributed by atoms with Gasteiger partial charge in [-0.2, -0.15) is 0 Å². The average Bonchev–Trinajstić information content (AvgIpc) is 3.40. The van der Waals surface area contributed by atoms with Gasteiger partial charge in [-0.3, -0.25) is 14.5 Å². The van der Waals surface area contributed by atoms with Gasteiger partial charge in [-0.15, -0.1) is 10.2 Å². The maximum absolute atomic E-state index is 12.6. The Bertz CT molecular complexity index is 787. The standard InChI is InChI=1S/C18H21N3O3S2/c1-4-15(22)21(13-7-8-13)17-19-20-18(26-17)25-11(2)16(23)12-5-9-14(24-3)10-6-12/h5-6,9-11,13H,4,7-8H2,1-3H3/t11-/m1/s1. The van der Waals surface area contributed by atoms with Gasteiger partial charge in [0, 0.05) is 18.0 Å². The number of nitrogens with zero attached hydrogens (tertiary/aromatic N) is 3. The molecule has 0 saturated heterocycles. The molecule has 8 heteroatoms. The van der Waals surface area contributed by atoms with Crippen molar-refractivity contribution in [3.05, 3.63) is 29.8 Å². The number of ketones is 1. The van der Waals surface area contributed by atoms with Crippen LogP contribution in [0.4, 0.5) is 5.13 Å². The van der Waals surface area contributed by atoms with E-state index in [1.54, 1.807) is 36.3 Å². The molecule has 0 aliphatic heterocycles. The van der Waals surface area contributed by atoms with Crippen molar-refractivity contribution in [3.8, 4) is 5.75 Å². The van der Waals surface area contributed by atoms with Gasteiger partial charge < -0.3 is 4.74 Å². The minimum absolute atomic E-state index is 0.0260. The van der Waals surface area contributed by atoms with Gasteiger partial charge in [0.05, 0.1) is 12.4 Å². The molecule has 2 aromatic rings. The quantitative estimate of drug-likeness (QED) is 0.387. The summed E-state index contributed by atoms with van der Waals surface area (Å²) in [5, 5.41) is 8.69. The van der Waals surface area contributed by atoms with E-state index in [-0.39, 0.29) is 23.0 Å². The van der Waals surface area contributed by atoms with Crippen molar-refractivity contribution >= 4 is 39.9 Å². The molecular formula is C18H21N3O3S2. The fraction of sp³-hybridized carbons (Fsp3) is 0.444. The number of hydrogen-bond acceptors (Lipinski definition) is 7. The lowest BCUT2D eigenvalue weighted by Crippen LogP contribution is -2.32. The summed E-state index contributed by atoms with van der Waals surface area (Å²) >= 11 is 2.75. The smallest absolute Gasteiger partial charge is 0.228 e. The second kappa shape index (κ2) is 8.18. The van der Waals surface area contributed by atoms with Crippen molar-refractivity contribution in [1.29, 1.82) is 0 Å². The van der Waals surface area contributed by atoms with E-state index in [0.29, 0.717) is 21.5 Å². The fourth-order valence-corrected chi connectivity index (χ4v) is 4.66. The topological polar surface area (TPSA) is 72.4 Å². The van der Waals surface area contributed by atoms with Gasteiger partial charge in [0.1, 0.15) is 5.75 Å². The number of carbonyl (C=O) groups excluding carboxylic acids is 2. The number of carbonyl (C=O) groups is 2. The number of aromatic nitrogens is 2. The van der Waals surface area contributed by atoms with Gasteiger partial charge in [0.25, 0.3) is 0 Å². The number of rotatable bonds is 8. The molecular weight excluding hydrogens is 370 g/mol. The Morgan fingerprint density at radius 3 is 2.58 bits per heavy atom. The molecule has 6 nitrogen and oxygen atoms in total. The molecule has 0 unspecified atom stereocenters. The highest BCUT2D eigenvalue weighted by molar-refractivity contribution is 8.02. The van der Waals surface area contributed by atoms with Crippen LogP contribution in [0.1, 0.15) is 43.5 Å². The first-order valence-corrected chi connectivity index (χ1v) is 10.2. The molecule has 1 fully saturated rings. The minimum atomic E-state index is -0.291. The van der Waals surface area contributed by atoms with Crippen molar-refractivity contribution in [1.82, 2.24) is 10.2 Å². The molecule has 0 radical (unpaired) electrons. The van der Waals surface area contributed by atoms with Gasteiger partial charge in [-0.1, -0.05) is 30.0 Å². The highest BCUT2D eigenvalue weighted by atomic mass is 32.2. The first-order valence-electron chi connectivity index (χ1n) is 8.54. The molecule has 1 saturated carbocycles. The molecule has 26 heavy (non-hydrogen) atoms. The lowest BCUT2D eigenvalue weighted by molar-refractivity contribution is -0.118. The van der Waals surface area contributed by atoms with Crippen LogP contribution < -0.4 is 9.64 Å². The van der Waals surface area contributed by atoms with Crippen molar-refractivity contribution in [2.45, 2.75) is 48.7 Å². The van der Waals surface area contributed by atoms with Gasteiger partial charge in [-0.25, -0.2) is 0 Å². The number of thioether (sulfide) groups is 1. The van der Waals surface area contributed by atoms with E-state index in [1.165, 1.54) is 23.1 Å². The molecule has 1 amide bonds. The Morgan fingerprint density at radius 2 is 2.00 bits per heavy atom. The summed E-state index contributed by atoms with van der Waals surface area (Å²) in [4.78, 5) is 26.5. The van der Waals surface area contributed by atoms with Gasteiger partial charge in [0.2, 0.25) is 11.0 Å². The van der Waals surface area contributed by atoms with E-state index < -0.39 is 0 Å². The van der Waals surface area contributed by atoms with Crippen LogP contribution in [0.25, 0.3) is 0 Å². The molecule has 1 aromatic heterocycles. The fourth-order valence-electron chi connectivity index (χ4n) is 2.51. The minimum Gasteiger partial charge on any atom is -0.497 e. The van der Waals surface area contributed by atoms with Crippen molar-refractivity contribution in [3.63, 3.8) is 0 Å². The summed E-state index contributed by atoms with van der Waals surface area (Å²) in [6.45, 7) is 3.71. The zero-order chi connectivity index (χ0) is 18.7. The lowest BCUT2D eigenvalue weighted by atomic mass is 10.1. The average molecular weight is 392 g/mol. The number of anilines is 1. The number of methoxy groups -OCH3 is 1. The molecule has 1 atom stereocenters. The third-order valence-corrected chi connectivity index (χ3v) is 6.21. The molecule has 0 N–H and O–H groups in total. The first-order chi connectivity index (χ1) is 12.5. The zero-order valence-electron chi connectivity index (χ0n) is 15.0. The van der Waals surface area contributed by atoms with Gasteiger partial charge in [-0.05, 0) is 44.0 Å². The maximum Gasteiger partial charge on any atom is 0.228 e. The Labute approximate surface area is 160 Å². The molecule has 3 rings (SSSR count). The summed E-state index contributed by atoms with van der Waals surface area (Å²) in [5.41, 5.74) is 0.635. The SMILES string of the molecule is CCC(=O)N(c1nnc(S[C@H](C)C(=O)c2ccc(OC)cc2)s1)C1CC1. The van der Waals surface area contributed by atoms with E-state index in [9.17, 15) is 9.59 Å². The molecule has 0 spiro atoms. The number of benzene rings is 1. The summed E-state index contributed by atoms with van der Waals surface area (Å²) in [7, 11) is 1.59. The van der Waals surface area contributed by atoms with Crippen LogP contribution in [-0.2, 0) is 4.79 Å². The van der Waals surface area contributed by atoms with Crippen molar-refractivity contribution < 1.29 is 14.3 Å². The molecule has 1 aromatic carbocycles. The Balaban J connectivity index is 1.67. The molecule has 1 aliphatic carbocycles. The van der Waals surface area contributed by atoms with Crippen LogP contribution in [0.5, 0.6) is 5.75 Å². The molecule has 1 heterocycles. The van der Waals surface area contributed by atoms with Crippen LogP contribution in [-0.4, -0.2) is 40.3 Å². The van der Waals surface area contributed by atoms with E-state index in [4.69, 9.17) is 4.74 Å². The normalized spacial score (nSPS) is 14.7. The summed E-state index contributed by atoms with van der Waals surface area (Å²) < 4.78 is 5.82. The highest BCUT2D eigenvalue weighted by Gasteiger charge is 2.35. The van der Waals surface area contributed by atoms with Crippen LogP contribution >= 0.6 is 23.1 Å². The van der Waals surface area contributed by atoms with Crippen LogP contribution in [0, 0.1) is 0 Å². The van der Waals surface area contributed by atoms with Crippen LogP contribution in [0.2, 0.25) is 0 Å². The third kappa shape index (κ3) is 4.24. The Hall–Kier alpha value is -1.93. The number of Topliss-reactive ketones (excluding diaryl/α,β-unsaturated/α-hetero) is 1. The van der Waals surface area contributed by atoms with E-state index in [0.717, 1.165) is 18.6 Å². The second-order valence-corrected chi connectivity index (χ2v) is 8.60. The van der Waals surface area contributed by atoms with E-state index in [1.807, 2.05) is 13.8 Å². The Morgan fingerprint density at radius 1 is 1.31 bits per heavy atom. The molecule has 1 aliphatic rings. The maximum atomic E-state index is 12.6. The van der Waals surface area contributed by atoms with Gasteiger partial charge in [0.15, 0.2) is 10.1 Å². The summed E-state index contributed by atoms with van der Waals surface area (Å²) in [6.07, 6.45) is 2.48. The number of ether oxygens (including phenoxy) is 1. The van der Waals surface area contributed by atoms with E-state index >= 15 is 0 Å². The zero-order valence-corrected chi connectivity index (χ0v) is 16.6. The first kappa shape index (κ1) is 18.8. The van der Waals surface area contributed by atoms with Crippen molar-refractivity contribution in [2.24, 2.45) is 0 Å². The highest BCUT2D eigenvalue weighted by Crippen LogP contribution is 2.37.